The van der Waals surface area contributed by atoms with Crippen LogP contribution in [0.15, 0.2) is 36.5 Å². The summed E-state index contributed by atoms with van der Waals surface area (Å²) in [6.45, 7) is 4.83. The maximum atomic E-state index is 12.9. The topological polar surface area (TPSA) is 105 Å². The van der Waals surface area contributed by atoms with Crippen molar-refractivity contribution in [1.82, 2.24) is 5.32 Å². The predicted octanol–water partition coefficient (Wildman–Crippen LogP) is 15.8. The lowest BCUT2D eigenvalue weighted by Crippen LogP contribution is -2.45. The number of carbonyl (C=O) groups is 1. The Balaban J connectivity index is 4.29. The van der Waals surface area contributed by atoms with Crippen LogP contribution < -0.4 is 5.32 Å². The molecule has 0 aliphatic carbocycles. The Hall–Kier alpha value is -1.28. The number of unbranched alkanes of at least 4 members (excludes halogenated alkanes) is 32. The van der Waals surface area contributed by atoms with Crippen molar-refractivity contribution in [2.24, 2.45) is 0 Å². The lowest BCUT2D eigenvalue weighted by Gasteiger charge is -2.25. The van der Waals surface area contributed by atoms with Gasteiger partial charge in [0.05, 0.1) is 39.9 Å². The molecular weight excluding hydrogens is 804 g/mol. The number of nitrogens with zero attached hydrogens (tertiary/aromatic N) is 1. The summed E-state index contributed by atoms with van der Waals surface area (Å²) in [5.41, 5.74) is 0. The van der Waals surface area contributed by atoms with E-state index in [1.54, 1.807) is 6.08 Å². The van der Waals surface area contributed by atoms with E-state index in [4.69, 9.17) is 9.05 Å². The number of hydrogen-bond acceptors (Lipinski definition) is 5. The molecule has 8 nitrogen and oxygen atoms in total. The van der Waals surface area contributed by atoms with Gasteiger partial charge in [0.2, 0.25) is 5.91 Å². The first-order valence-electron chi connectivity index (χ1n) is 26.9. The van der Waals surface area contributed by atoms with Gasteiger partial charge in [-0.3, -0.25) is 13.8 Å². The van der Waals surface area contributed by atoms with Gasteiger partial charge in [-0.2, -0.15) is 0 Å². The van der Waals surface area contributed by atoms with Crippen molar-refractivity contribution >= 4 is 13.7 Å². The highest BCUT2D eigenvalue weighted by atomic mass is 31.2. The van der Waals surface area contributed by atoms with Gasteiger partial charge in [0.1, 0.15) is 13.2 Å². The molecule has 0 aromatic carbocycles. The first-order valence-corrected chi connectivity index (χ1v) is 28.4. The van der Waals surface area contributed by atoms with Crippen LogP contribution >= 0.6 is 7.82 Å². The Bertz CT molecular complexity index is 1120. The number of hydrogen-bond donors (Lipinski definition) is 3. The van der Waals surface area contributed by atoms with E-state index < -0.39 is 20.0 Å². The molecule has 0 aliphatic rings. The standard InChI is InChI=1S/C54H105N2O6P/c1-6-8-10-12-14-16-18-20-22-24-26-28-30-32-34-36-38-40-42-44-46-48-54(58)55-52(51-62-63(59,60)61-50-49-56(3,4)5)53(57)47-45-43-41-39-37-35-33-31-29-27-25-23-21-19-17-15-13-11-9-7-2/h18,20,24,26,45,47,52-53,57H,6-17,19,21-23,25,27-44,46,48-51H2,1-5H3,(H-,55,58,59,60)/p+1/b20-18-,26-24-,47-45+. The molecule has 3 unspecified atom stereocenters. The van der Waals surface area contributed by atoms with Crippen LogP contribution in [0.4, 0.5) is 0 Å². The first kappa shape index (κ1) is 61.7. The predicted molar refractivity (Wildman–Crippen MR) is 272 cm³/mol. The minimum atomic E-state index is -4.34. The van der Waals surface area contributed by atoms with Gasteiger partial charge in [-0.15, -0.1) is 0 Å². The average Bonchev–Trinajstić information content (AvgIpc) is 3.24. The van der Waals surface area contributed by atoms with Crippen LogP contribution in [0, 0.1) is 0 Å². The first-order chi connectivity index (χ1) is 30.5. The number of aliphatic hydroxyl groups excluding tert-OH is 1. The average molecular weight is 910 g/mol. The molecule has 0 saturated carbocycles. The third-order valence-corrected chi connectivity index (χ3v) is 13.1. The molecule has 372 valence electrons. The second-order valence-corrected chi connectivity index (χ2v) is 21.1. The summed E-state index contributed by atoms with van der Waals surface area (Å²) >= 11 is 0. The van der Waals surface area contributed by atoms with Crippen LogP contribution in [0.5, 0.6) is 0 Å². The quantitative estimate of drug-likeness (QED) is 0.0243. The molecule has 3 atom stereocenters. The second-order valence-electron chi connectivity index (χ2n) is 19.6. The highest BCUT2D eigenvalue weighted by Crippen LogP contribution is 2.43. The van der Waals surface area contributed by atoms with E-state index in [1.807, 2.05) is 27.2 Å². The van der Waals surface area contributed by atoms with Gasteiger partial charge in [-0.05, 0) is 51.4 Å². The third-order valence-electron chi connectivity index (χ3n) is 12.1. The van der Waals surface area contributed by atoms with Crippen LogP contribution in [-0.2, 0) is 18.4 Å². The lowest BCUT2D eigenvalue weighted by atomic mass is 10.0. The Morgan fingerprint density at radius 3 is 1.30 bits per heavy atom. The number of nitrogens with one attached hydrogen (secondary N) is 1. The summed E-state index contributed by atoms with van der Waals surface area (Å²) in [7, 11) is 1.57. The number of likely N-dealkylation sites (N-methyl/N-ethyl adjacent to an activating group) is 1. The SMILES string of the molecule is CCCCCCC/C=C\C/C=C\CCCCCCCCCCCC(=O)NC(COP(=O)(O)OCC[N+](C)(C)C)C(O)/C=C/CCCCCCCCCCCCCCCCCCCC. The van der Waals surface area contributed by atoms with Crippen LogP contribution in [0.25, 0.3) is 0 Å². The maximum absolute atomic E-state index is 12.9. The zero-order valence-electron chi connectivity index (χ0n) is 42.3. The van der Waals surface area contributed by atoms with Gasteiger partial charge in [-0.25, -0.2) is 4.57 Å². The van der Waals surface area contributed by atoms with Crippen LogP contribution in [0.2, 0.25) is 0 Å². The minimum absolute atomic E-state index is 0.0609. The zero-order valence-corrected chi connectivity index (χ0v) is 43.2. The molecule has 0 rings (SSSR count). The van der Waals surface area contributed by atoms with Crippen molar-refractivity contribution in [1.29, 1.82) is 0 Å². The maximum Gasteiger partial charge on any atom is 0.472 e. The minimum Gasteiger partial charge on any atom is -0.387 e. The molecule has 0 aromatic rings. The normalized spacial score (nSPS) is 14.3. The summed E-state index contributed by atoms with van der Waals surface area (Å²) in [6.07, 6.45) is 57.9. The monoisotopic (exact) mass is 910 g/mol. The van der Waals surface area contributed by atoms with E-state index in [9.17, 15) is 19.4 Å². The van der Waals surface area contributed by atoms with Crippen molar-refractivity contribution in [3.8, 4) is 0 Å². The molecule has 9 heteroatoms. The molecule has 0 heterocycles. The fourth-order valence-corrected chi connectivity index (χ4v) is 8.57. The van der Waals surface area contributed by atoms with Crippen LogP contribution in [0.1, 0.15) is 251 Å². The molecule has 1 amide bonds. The largest absolute Gasteiger partial charge is 0.472 e. The highest BCUT2D eigenvalue weighted by Gasteiger charge is 2.27. The summed E-state index contributed by atoms with van der Waals surface area (Å²) < 4.78 is 23.7. The number of aliphatic hydroxyl groups is 1. The van der Waals surface area contributed by atoms with Crippen molar-refractivity contribution in [3.63, 3.8) is 0 Å². The van der Waals surface area contributed by atoms with Crippen molar-refractivity contribution in [2.45, 2.75) is 264 Å². The number of carbonyl (C=O) groups excluding carboxylic acids is 1. The zero-order chi connectivity index (χ0) is 46.4. The molecule has 0 fully saturated rings. The number of phosphoric acid groups is 1. The van der Waals surface area contributed by atoms with Crippen molar-refractivity contribution in [2.75, 3.05) is 40.9 Å². The summed E-state index contributed by atoms with van der Waals surface area (Å²) in [4.78, 5) is 23.3. The van der Waals surface area contributed by atoms with E-state index in [-0.39, 0.29) is 19.1 Å². The Morgan fingerprint density at radius 2 is 0.905 bits per heavy atom. The molecular formula is C54H106N2O6P+. The molecule has 3 N–H and O–H groups in total. The van der Waals surface area contributed by atoms with Crippen LogP contribution in [0.3, 0.4) is 0 Å². The number of amides is 1. The van der Waals surface area contributed by atoms with E-state index >= 15 is 0 Å². The fraction of sp³-hybridized carbons (Fsp3) is 0.870. The highest BCUT2D eigenvalue weighted by molar-refractivity contribution is 7.47. The van der Waals surface area contributed by atoms with Gasteiger partial charge >= 0.3 is 7.82 Å². The fourth-order valence-electron chi connectivity index (χ4n) is 7.84. The van der Waals surface area contributed by atoms with Gasteiger partial charge in [-0.1, -0.05) is 230 Å². The summed E-state index contributed by atoms with van der Waals surface area (Å²) in [5.74, 6) is -0.179. The number of quaternary nitrogens is 1. The Kier molecular flexibility index (Phi) is 44.9. The van der Waals surface area contributed by atoms with Gasteiger partial charge < -0.3 is 19.8 Å². The van der Waals surface area contributed by atoms with Crippen LogP contribution in [-0.4, -0.2) is 73.4 Å². The van der Waals surface area contributed by atoms with E-state index in [0.717, 1.165) is 44.9 Å². The van der Waals surface area contributed by atoms with Crippen molar-refractivity contribution in [3.05, 3.63) is 36.5 Å². The molecule has 0 aliphatic heterocycles. The van der Waals surface area contributed by atoms with E-state index in [0.29, 0.717) is 17.4 Å². The molecule has 0 radical (unpaired) electrons. The van der Waals surface area contributed by atoms with Crippen molar-refractivity contribution < 1.29 is 32.9 Å². The van der Waals surface area contributed by atoms with E-state index in [1.165, 1.54) is 186 Å². The molecule has 0 bridgehead atoms. The van der Waals surface area contributed by atoms with E-state index in [2.05, 4.69) is 43.5 Å². The molecule has 0 spiro atoms. The number of rotatable bonds is 49. The molecule has 0 aromatic heterocycles. The lowest BCUT2D eigenvalue weighted by molar-refractivity contribution is -0.870. The smallest absolute Gasteiger partial charge is 0.387 e. The van der Waals surface area contributed by atoms with Gasteiger partial charge in [0, 0.05) is 6.42 Å². The van der Waals surface area contributed by atoms with Gasteiger partial charge in [0.25, 0.3) is 0 Å². The Labute approximate surface area is 391 Å². The molecule has 0 saturated heterocycles. The second kappa shape index (κ2) is 45.9. The number of phosphoric ester groups is 1. The summed E-state index contributed by atoms with van der Waals surface area (Å²) in [5, 5.41) is 13.9. The van der Waals surface area contributed by atoms with Gasteiger partial charge in [0.15, 0.2) is 0 Å². The third kappa shape index (κ3) is 48.5. The Morgan fingerprint density at radius 1 is 0.540 bits per heavy atom. The molecule has 63 heavy (non-hydrogen) atoms. The summed E-state index contributed by atoms with van der Waals surface area (Å²) in [6, 6.07) is -0.848. The number of allylic oxidation sites excluding steroid dienone is 5.